The predicted molar refractivity (Wildman–Crippen MR) is 143 cm³/mol. The van der Waals surface area contributed by atoms with Gasteiger partial charge in [0.2, 0.25) is 11.8 Å². The van der Waals surface area contributed by atoms with Gasteiger partial charge in [-0.3, -0.25) is 9.59 Å². The van der Waals surface area contributed by atoms with Gasteiger partial charge in [0.15, 0.2) is 5.82 Å². The van der Waals surface area contributed by atoms with Crippen LogP contribution in [0.25, 0.3) is 28.4 Å². The Hall–Kier alpha value is -4.66. The molecule has 2 amide bonds. The van der Waals surface area contributed by atoms with E-state index in [1.165, 1.54) is 13.0 Å². The third kappa shape index (κ3) is 6.92. The smallest absolute Gasteiger partial charge is 0.244 e. The van der Waals surface area contributed by atoms with Crippen LogP contribution in [0.3, 0.4) is 0 Å². The van der Waals surface area contributed by atoms with Crippen molar-refractivity contribution in [1.82, 2.24) is 25.6 Å². The lowest BCUT2D eigenvalue weighted by atomic mass is 10.1. The summed E-state index contributed by atoms with van der Waals surface area (Å²) in [5.74, 6) is 1.60. The lowest BCUT2D eigenvalue weighted by Crippen LogP contribution is -2.27. The predicted octanol–water partition coefficient (Wildman–Crippen LogP) is 3.41. The van der Waals surface area contributed by atoms with Crippen molar-refractivity contribution in [3.8, 4) is 11.4 Å². The van der Waals surface area contributed by atoms with E-state index < -0.39 is 0 Å². The number of carbonyl (C=O) groups is 2. The van der Waals surface area contributed by atoms with Gasteiger partial charge in [0.05, 0.1) is 0 Å². The summed E-state index contributed by atoms with van der Waals surface area (Å²) in [7, 11) is 0. The van der Waals surface area contributed by atoms with Gasteiger partial charge >= 0.3 is 0 Å². The molecule has 36 heavy (non-hydrogen) atoms. The van der Waals surface area contributed by atoms with Crippen LogP contribution < -0.4 is 21.3 Å². The largest absolute Gasteiger partial charge is 0.368 e. The first-order valence-electron chi connectivity index (χ1n) is 11.8. The third-order valence-electron chi connectivity index (χ3n) is 5.33. The van der Waals surface area contributed by atoms with Crippen LogP contribution in [0.4, 0.5) is 11.6 Å². The second-order valence-electron chi connectivity index (χ2n) is 8.08. The minimum atomic E-state index is -0.171. The lowest BCUT2D eigenvalue weighted by Gasteiger charge is -2.12. The van der Waals surface area contributed by atoms with E-state index in [0.717, 1.165) is 22.0 Å². The number of rotatable bonds is 11. The number of carbonyl (C=O) groups excluding carboxylic acids is 2. The number of nitrogens with zero attached hydrogens (tertiary/aromatic N) is 2. The number of hydrogen-bond acceptors (Lipinski definition) is 6. The van der Waals surface area contributed by atoms with E-state index in [1.54, 1.807) is 12.1 Å². The molecule has 0 aliphatic heterocycles. The van der Waals surface area contributed by atoms with Crippen LogP contribution in [0.2, 0.25) is 0 Å². The van der Waals surface area contributed by atoms with Gasteiger partial charge < -0.3 is 26.3 Å². The first-order chi connectivity index (χ1) is 17.6. The molecule has 4 rings (SSSR count). The van der Waals surface area contributed by atoms with Gasteiger partial charge in [0, 0.05) is 67.9 Å². The molecular formula is C27H29N7O2. The van der Waals surface area contributed by atoms with E-state index in [9.17, 15) is 9.59 Å². The standard InChI is InChI=1S/C27H29N7O2/c1-19(35)28-13-14-29-24-17-25(34-27(33-24)20-7-3-2-4-8-20)30-15-16-31-26(36)12-11-21-18-32-23-10-6-5-9-22(21)23/h2-12,17-18,32H,13-16H2,1H3,(H,28,35)(H,31,36)(H2,29,30,33,34)/b12-11+. The van der Waals surface area contributed by atoms with Gasteiger partial charge in [-0.1, -0.05) is 48.5 Å². The second-order valence-corrected chi connectivity index (χ2v) is 8.08. The SMILES string of the molecule is CC(=O)NCCNc1cc(NCCNC(=O)/C=C/c2c[nH]c3ccccc23)nc(-c2ccccc2)n1. The van der Waals surface area contributed by atoms with Crippen LogP contribution in [-0.4, -0.2) is 52.9 Å². The normalized spacial score (nSPS) is 10.9. The molecule has 0 aliphatic carbocycles. The van der Waals surface area contributed by atoms with Crippen molar-refractivity contribution in [1.29, 1.82) is 0 Å². The van der Waals surface area contributed by atoms with Gasteiger partial charge in [0.25, 0.3) is 0 Å². The Morgan fingerprint density at radius 2 is 1.53 bits per heavy atom. The molecule has 0 fully saturated rings. The minimum absolute atomic E-state index is 0.0786. The van der Waals surface area contributed by atoms with Gasteiger partial charge in [-0.15, -0.1) is 0 Å². The van der Waals surface area contributed by atoms with Crippen molar-refractivity contribution in [2.24, 2.45) is 0 Å². The van der Waals surface area contributed by atoms with Crippen LogP contribution >= 0.6 is 0 Å². The van der Waals surface area contributed by atoms with Crippen molar-refractivity contribution in [2.45, 2.75) is 6.92 Å². The van der Waals surface area contributed by atoms with Crippen LogP contribution in [0.5, 0.6) is 0 Å². The molecule has 0 bridgehead atoms. The van der Waals surface area contributed by atoms with Crippen LogP contribution in [-0.2, 0) is 9.59 Å². The van der Waals surface area contributed by atoms with Crippen LogP contribution in [0, 0.1) is 0 Å². The summed E-state index contributed by atoms with van der Waals surface area (Å²) in [5, 5.41) is 13.2. The molecule has 0 atom stereocenters. The first-order valence-corrected chi connectivity index (χ1v) is 11.8. The number of nitrogens with one attached hydrogen (secondary N) is 5. The first kappa shape index (κ1) is 24.5. The Kier molecular flexibility index (Phi) is 8.27. The molecule has 2 heterocycles. The zero-order valence-corrected chi connectivity index (χ0v) is 20.0. The fraction of sp³-hybridized carbons (Fsp3) is 0.185. The topological polar surface area (TPSA) is 124 Å². The van der Waals surface area contributed by atoms with Crippen LogP contribution in [0.15, 0.2) is 72.9 Å². The number of fused-ring (bicyclic) bond motifs is 1. The highest BCUT2D eigenvalue weighted by atomic mass is 16.2. The van der Waals surface area contributed by atoms with Gasteiger partial charge in [0.1, 0.15) is 11.6 Å². The summed E-state index contributed by atoms with van der Waals surface area (Å²) < 4.78 is 0. The highest BCUT2D eigenvalue weighted by molar-refractivity contribution is 5.96. The molecule has 9 heteroatoms. The fourth-order valence-corrected chi connectivity index (χ4v) is 3.61. The summed E-state index contributed by atoms with van der Waals surface area (Å²) in [6, 6.07) is 19.5. The molecule has 9 nitrogen and oxygen atoms in total. The average Bonchev–Trinajstić information content (AvgIpc) is 3.31. The number of aromatic amines is 1. The van der Waals surface area contributed by atoms with Crippen molar-refractivity contribution >= 4 is 40.4 Å². The monoisotopic (exact) mass is 483 g/mol. The Morgan fingerprint density at radius 3 is 2.25 bits per heavy atom. The number of aromatic nitrogens is 3. The average molecular weight is 484 g/mol. The van der Waals surface area contributed by atoms with Crippen molar-refractivity contribution < 1.29 is 9.59 Å². The molecule has 0 saturated heterocycles. The number of benzene rings is 2. The molecule has 4 aromatic rings. The number of amides is 2. The Bertz CT molecular complexity index is 1350. The van der Waals surface area contributed by atoms with E-state index in [0.29, 0.717) is 43.6 Å². The highest BCUT2D eigenvalue weighted by Crippen LogP contribution is 2.20. The zero-order valence-electron chi connectivity index (χ0n) is 20.0. The third-order valence-corrected chi connectivity index (χ3v) is 5.33. The van der Waals surface area contributed by atoms with E-state index >= 15 is 0 Å². The minimum Gasteiger partial charge on any atom is -0.368 e. The van der Waals surface area contributed by atoms with E-state index in [2.05, 4.69) is 36.2 Å². The summed E-state index contributed by atoms with van der Waals surface area (Å²) in [4.78, 5) is 35.8. The molecule has 0 radical (unpaired) electrons. The van der Waals surface area contributed by atoms with Gasteiger partial charge in [-0.05, 0) is 17.7 Å². The van der Waals surface area contributed by atoms with Crippen molar-refractivity contribution in [3.63, 3.8) is 0 Å². The maximum atomic E-state index is 12.3. The summed E-state index contributed by atoms with van der Waals surface area (Å²) >= 11 is 0. The van der Waals surface area contributed by atoms with E-state index in [4.69, 9.17) is 0 Å². The second kappa shape index (κ2) is 12.2. The molecule has 2 aromatic heterocycles. The number of H-pyrrole nitrogens is 1. The number of para-hydroxylation sites is 1. The summed E-state index contributed by atoms with van der Waals surface area (Å²) in [6.07, 6.45) is 5.22. The van der Waals surface area contributed by atoms with E-state index in [-0.39, 0.29) is 11.8 Å². The highest BCUT2D eigenvalue weighted by Gasteiger charge is 2.07. The number of hydrogen-bond donors (Lipinski definition) is 5. The molecule has 0 aliphatic rings. The van der Waals surface area contributed by atoms with E-state index in [1.807, 2.05) is 60.8 Å². The number of anilines is 2. The molecule has 0 unspecified atom stereocenters. The Balaban J connectivity index is 1.32. The van der Waals surface area contributed by atoms with Crippen molar-refractivity contribution in [3.05, 3.63) is 78.5 Å². The molecule has 5 N–H and O–H groups in total. The van der Waals surface area contributed by atoms with Crippen molar-refractivity contribution in [2.75, 3.05) is 36.8 Å². The molecule has 184 valence electrons. The molecule has 0 spiro atoms. The van der Waals surface area contributed by atoms with Crippen LogP contribution in [0.1, 0.15) is 12.5 Å². The molecular weight excluding hydrogens is 454 g/mol. The fourth-order valence-electron chi connectivity index (χ4n) is 3.61. The Labute approximate surface area is 209 Å². The molecule has 2 aromatic carbocycles. The van der Waals surface area contributed by atoms with Gasteiger partial charge in [-0.25, -0.2) is 9.97 Å². The quantitative estimate of drug-likeness (QED) is 0.165. The lowest BCUT2D eigenvalue weighted by molar-refractivity contribution is -0.119. The Morgan fingerprint density at radius 1 is 0.861 bits per heavy atom. The van der Waals surface area contributed by atoms with Gasteiger partial charge in [-0.2, -0.15) is 0 Å². The summed E-state index contributed by atoms with van der Waals surface area (Å²) in [6.45, 7) is 3.41. The maximum Gasteiger partial charge on any atom is 0.244 e. The summed E-state index contributed by atoms with van der Waals surface area (Å²) in [5.41, 5.74) is 2.89. The molecule has 0 saturated carbocycles. The maximum absolute atomic E-state index is 12.3. The zero-order chi connectivity index (χ0) is 25.2.